The lowest BCUT2D eigenvalue weighted by molar-refractivity contribution is 0.0600. The topological polar surface area (TPSA) is 87.2 Å². The summed E-state index contributed by atoms with van der Waals surface area (Å²) in [5, 5.41) is 3.68. The summed E-state index contributed by atoms with van der Waals surface area (Å²) in [6.07, 6.45) is 1.54. The Hall–Kier alpha value is -3.29. The van der Waals surface area contributed by atoms with Gasteiger partial charge in [-0.15, -0.1) is 0 Å². The summed E-state index contributed by atoms with van der Waals surface area (Å²) >= 11 is 0. The summed E-state index contributed by atoms with van der Waals surface area (Å²) in [6, 6.07) is 8.86. The Morgan fingerprint density at radius 3 is 2.88 bits per heavy atom. The van der Waals surface area contributed by atoms with Crippen LogP contribution in [0.5, 0.6) is 0 Å². The van der Waals surface area contributed by atoms with Gasteiger partial charge in [0, 0.05) is 11.8 Å². The number of nitrogens with zero attached hydrogens (tertiary/aromatic N) is 3. The van der Waals surface area contributed by atoms with Gasteiger partial charge >= 0.3 is 11.7 Å². The molecular weight excluding hydrogens is 317 g/mol. The fourth-order valence-electron chi connectivity index (χ4n) is 2.20. The van der Waals surface area contributed by atoms with Crippen LogP contribution in [0.15, 0.2) is 51.9 Å². The molecule has 1 aromatic carbocycles. The molecule has 0 aliphatic carbocycles. The Balaban J connectivity index is 2.02. The van der Waals surface area contributed by atoms with Crippen LogP contribution in [0, 0.1) is 5.82 Å². The van der Waals surface area contributed by atoms with Gasteiger partial charge in [0.1, 0.15) is 11.5 Å². The SMILES string of the molecule is COC(=O)c1ccc(F)c(Cn2c(-c3ccccn3)noc2=O)c1. The molecule has 0 saturated heterocycles. The monoisotopic (exact) mass is 329 g/mol. The van der Waals surface area contributed by atoms with Crippen molar-refractivity contribution < 1.29 is 18.4 Å². The van der Waals surface area contributed by atoms with Crippen molar-refractivity contribution in [1.82, 2.24) is 14.7 Å². The number of carbonyl (C=O) groups excluding carboxylic acids is 1. The third-order valence-corrected chi connectivity index (χ3v) is 3.38. The van der Waals surface area contributed by atoms with E-state index in [1.807, 2.05) is 0 Å². The first-order valence-corrected chi connectivity index (χ1v) is 6.95. The van der Waals surface area contributed by atoms with Gasteiger partial charge in [-0.2, -0.15) is 0 Å². The zero-order valence-corrected chi connectivity index (χ0v) is 12.6. The summed E-state index contributed by atoms with van der Waals surface area (Å²) in [7, 11) is 1.23. The van der Waals surface area contributed by atoms with E-state index in [2.05, 4.69) is 19.4 Å². The van der Waals surface area contributed by atoms with Crippen molar-refractivity contribution in [2.24, 2.45) is 0 Å². The number of benzene rings is 1. The van der Waals surface area contributed by atoms with Crippen LogP contribution < -0.4 is 5.76 Å². The minimum absolute atomic E-state index is 0.125. The molecule has 3 aromatic rings. The Kier molecular flexibility index (Phi) is 4.19. The number of hydrogen-bond donors (Lipinski definition) is 0. The number of rotatable bonds is 4. The Morgan fingerprint density at radius 2 is 2.17 bits per heavy atom. The number of pyridine rings is 1. The highest BCUT2D eigenvalue weighted by atomic mass is 19.1. The van der Waals surface area contributed by atoms with Crippen LogP contribution >= 0.6 is 0 Å². The molecule has 0 atom stereocenters. The number of carbonyl (C=O) groups is 1. The average Bonchev–Trinajstić information content (AvgIpc) is 2.97. The van der Waals surface area contributed by atoms with Gasteiger partial charge in [-0.25, -0.2) is 14.0 Å². The third-order valence-electron chi connectivity index (χ3n) is 3.38. The molecule has 0 radical (unpaired) electrons. The van der Waals surface area contributed by atoms with Gasteiger partial charge in [0.15, 0.2) is 0 Å². The summed E-state index contributed by atoms with van der Waals surface area (Å²) in [5.74, 6) is -1.75. The second-order valence-corrected chi connectivity index (χ2v) is 4.87. The van der Waals surface area contributed by atoms with Gasteiger partial charge in [-0.05, 0) is 30.3 Å². The molecule has 7 nitrogen and oxygen atoms in total. The molecule has 8 heteroatoms. The van der Waals surface area contributed by atoms with Crippen LogP contribution in [0.4, 0.5) is 4.39 Å². The molecule has 0 fully saturated rings. The van der Waals surface area contributed by atoms with Crippen LogP contribution in [-0.4, -0.2) is 27.8 Å². The lowest BCUT2D eigenvalue weighted by Crippen LogP contribution is -2.17. The molecule has 0 N–H and O–H groups in total. The Bertz CT molecular complexity index is 934. The zero-order valence-electron chi connectivity index (χ0n) is 12.6. The maximum Gasteiger partial charge on any atom is 0.442 e. The highest BCUT2D eigenvalue weighted by Gasteiger charge is 2.17. The summed E-state index contributed by atoms with van der Waals surface area (Å²) in [6.45, 7) is -0.162. The van der Waals surface area contributed by atoms with Crippen LogP contribution in [0.3, 0.4) is 0 Å². The predicted octanol–water partition coefficient (Wildman–Crippen LogP) is 1.87. The van der Waals surface area contributed by atoms with E-state index < -0.39 is 17.5 Å². The van der Waals surface area contributed by atoms with Gasteiger partial charge in [-0.3, -0.25) is 14.1 Å². The van der Waals surface area contributed by atoms with E-state index in [-0.39, 0.29) is 23.5 Å². The van der Waals surface area contributed by atoms with E-state index in [4.69, 9.17) is 0 Å². The smallest absolute Gasteiger partial charge is 0.442 e. The molecule has 24 heavy (non-hydrogen) atoms. The molecule has 0 aliphatic rings. The van der Waals surface area contributed by atoms with Gasteiger partial charge in [0.2, 0.25) is 5.82 Å². The van der Waals surface area contributed by atoms with Crippen LogP contribution in [-0.2, 0) is 11.3 Å². The third kappa shape index (κ3) is 2.94. The van der Waals surface area contributed by atoms with Crippen molar-refractivity contribution in [1.29, 1.82) is 0 Å². The standard InChI is InChI=1S/C16H12FN3O4/c1-23-15(21)10-5-6-12(17)11(8-10)9-20-14(19-24-16(20)22)13-4-2-3-7-18-13/h2-8H,9H2,1H3. The van der Waals surface area contributed by atoms with E-state index in [9.17, 15) is 14.0 Å². The van der Waals surface area contributed by atoms with Gasteiger partial charge in [0.25, 0.3) is 0 Å². The van der Waals surface area contributed by atoms with Crippen molar-refractivity contribution in [2.45, 2.75) is 6.54 Å². The van der Waals surface area contributed by atoms with E-state index >= 15 is 0 Å². The van der Waals surface area contributed by atoms with Gasteiger partial charge in [0.05, 0.1) is 19.2 Å². The molecule has 0 spiro atoms. The number of halogens is 1. The first-order chi connectivity index (χ1) is 11.6. The molecule has 0 aliphatic heterocycles. The van der Waals surface area contributed by atoms with Crippen LogP contribution in [0.25, 0.3) is 11.5 Å². The fraction of sp³-hybridized carbons (Fsp3) is 0.125. The quantitative estimate of drug-likeness (QED) is 0.679. The fourth-order valence-corrected chi connectivity index (χ4v) is 2.20. The Morgan fingerprint density at radius 1 is 1.33 bits per heavy atom. The van der Waals surface area contributed by atoms with E-state index in [0.717, 1.165) is 10.6 Å². The van der Waals surface area contributed by atoms with Gasteiger partial charge in [-0.1, -0.05) is 11.2 Å². The van der Waals surface area contributed by atoms with Gasteiger partial charge < -0.3 is 4.74 Å². The van der Waals surface area contributed by atoms with Crippen molar-refractivity contribution >= 4 is 5.97 Å². The summed E-state index contributed by atoms with van der Waals surface area (Å²) in [5.41, 5.74) is 0.714. The van der Waals surface area contributed by atoms with Crippen molar-refractivity contribution in [3.8, 4) is 11.5 Å². The average molecular weight is 329 g/mol. The predicted molar refractivity (Wildman–Crippen MR) is 80.8 cm³/mol. The van der Waals surface area contributed by atoms with E-state index in [1.54, 1.807) is 18.2 Å². The minimum atomic E-state index is -0.751. The summed E-state index contributed by atoms with van der Waals surface area (Å²) in [4.78, 5) is 27.6. The lowest BCUT2D eigenvalue weighted by atomic mass is 10.1. The number of hydrogen-bond acceptors (Lipinski definition) is 6. The number of methoxy groups -OCH3 is 1. The summed E-state index contributed by atoms with van der Waals surface area (Å²) < 4.78 is 24.5. The van der Waals surface area contributed by atoms with E-state index in [1.165, 1.54) is 25.4 Å². The highest BCUT2D eigenvalue weighted by Crippen LogP contribution is 2.17. The molecule has 0 saturated carbocycles. The molecule has 122 valence electrons. The first kappa shape index (κ1) is 15.6. The second kappa shape index (κ2) is 6.45. The first-order valence-electron chi connectivity index (χ1n) is 6.95. The molecule has 0 bridgehead atoms. The minimum Gasteiger partial charge on any atom is -0.465 e. The highest BCUT2D eigenvalue weighted by molar-refractivity contribution is 5.89. The van der Waals surface area contributed by atoms with Crippen molar-refractivity contribution in [2.75, 3.05) is 7.11 Å². The Labute approximate surface area is 135 Å². The number of esters is 1. The molecule has 2 aromatic heterocycles. The van der Waals surface area contributed by atoms with Crippen molar-refractivity contribution in [3.05, 3.63) is 70.1 Å². The lowest BCUT2D eigenvalue weighted by Gasteiger charge is -2.07. The normalized spacial score (nSPS) is 10.6. The molecule has 0 unspecified atom stereocenters. The molecule has 3 rings (SSSR count). The zero-order chi connectivity index (χ0) is 17.1. The molecular formula is C16H12FN3O4. The van der Waals surface area contributed by atoms with Crippen molar-refractivity contribution in [3.63, 3.8) is 0 Å². The van der Waals surface area contributed by atoms with Crippen LogP contribution in [0.1, 0.15) is 15.9 Å². The van der Waals surface area contributed by atoms with E-state index in [0.29, 0.717) is 5.69 Å². The molecule has 0 amide bonds. The van der Waals surface area contributed by atoms with Crippen LogP contribution in [0.2, 0.25) is 0 Å². The number of aromatic nitrogens is 3. The second-order valence-electron chi connectivity index (χ2n) is 4.87. The largest absolute Gasteiger partial charge is 0.465 e. The molecule has 2 heterocycles. The maximum atomic E-state index is 14.1. The maximum absolute atomic E-state index is 14.1. The number of ether oxygens (including phenoxy) is 1.